The van der Waals surface area contributed by atoms with Crippen LogP contribution in [0, 0.1) is 5.92 Å². The van der Waals surface area contributed by atoms with Crippen LogP contribution in [-0.4, -0.2) is 22.6 Å². The summed E-state index contributed by atoms with van der Waals surface area (Å²) in [5.74, 6) is 1.03. The summed E-state index contributed by atoms with van der Waals surface area (Å²) >= 11 is 0. The maximum Gasteiger partial charge on any atom is 0.225 e. The Labute approximate surface area is 102 Å². The average Bonchev–Trinajstić information content (AvgIpc) is 2.35. The Hall–Kier alpha value is -1.49. The minimum Gasteiger partial charge on any atom is -0.330 e. The molecule has 0 aliphatic carbocycles. The van der Waals surface area contributed by atoms with Crippen molar-refractivity contribution in [2.75, 3.05) is 11.9 Å². The Morgan fingerprint density at radius 1 is 1.53 bits per heavy atom. The fourth-order valence-corrected chi connectivity index (χ4v) is 1.70. The van der Waals surface area contributed by atoms with Crippen LogP contribution in [0.3, 0.4) is 0 Å². The molecule has 0 aliphatic heterocycles. The van der Waals surface area contributed by atoms with E-state index in [1.54, 1.807) is 18.3 Å². The van der Waals surface area contributed by atoms with E-state index in [2.05, 4.69) is 22.4 Å². The Morgan fingerprint density at radius 2 is 2.35 bits per heavy atom. The number of hydrogen-bond acceptors (Lipinski definition) is 4. The number of amides is 1. The van der Waals surface area contributed by atoms with Crippen molar-refractivity contribution in [1.82, 2.24) is 10.2 Å². The summed E-state index contributed by atoms with van der Waals surface area (Å²) in [7, 11) is 0. The lowest BCUT2D eigenvalue weighted by atomic mass is 9.96. The zero-order valence-corrected chi connectivity index (χ0v) is 10.2. The van der Waals surface area contributed by atoms with Gasteiger partial charge >= 0.3 is 0 Å². The van der Waals surface area contributed by atoms with Gasteiger partial charge in [0.1, 0.15) is 0 Å². The van der Waals surface area contributed by atoms with E-state index in [-0.39, 0.29) is 5.91 Å². The predicted molar refractivity (Wildman–Crippen MR) is 67.3 cm³/mol. The molecule has 0 fully saturated rings. The summed E-state index contributed by atoms with van der Waals surface area (Å²) < 4.78 is 0. The highest BCUT2D eigenvalue weighted by molar-refractivity contribution is 5.89. The lowest BCUT2D eigenvalue weighted by Gasteiger charge is -2.12. The van der Waals surface area contributed by atoms with Crippen molar-refractivity contribution in [3.05, 3.63) is 18.3 Å². The summed E-state index contributed by atoms with van der Waals surface area (Å²) in [6, 6.07) is 3.47. The first-order valence-corrected chi connectivity index (χ1v) is 6.03. The van der Waals surface area contributed by atoms with E-state index in [1.807, 2.05) is 0 Å². The first-order chi connectivity index (χ1) is 8.26. The van der Waals surface area contributed by atoms with Crippen LogP contribution in [0.25, 0.3) is 0 Å². The molecular weight excluding hydrogens is 216 g/mol. The molecule has 1 amide bonds. The van der Waals surface area contributed by atoms with Crippen LogP contribution in [0.5, 0.6) is 0 Å². The van der Waals surface area contributed by atoms with Gasteiger partial charge in [0.15, 0.2) is 5.82 Å². The van der Waals surface area contributed by atoms with Crippen molar-refractivity contribution in [3.8, 4) is 0 Å². The van der Waals surface area contributed by atoms with Crippen molar-refractivity contribution < 1.29 is 4.79 Å². The molecule has 0 saturated heterocycles. The summed E-state index contributed by atoms with van der Waals surface area (Å²) in [5.41, 5.74) is 5.52. The molecule has 17 heavy (non-hydrogen) atoms. The summed E-state index contributed by atoms with van der Waals surface area (Å²) in [5, 5.41) is 10.2. The average molecular weight is 236 g/mol. The molecule has 5 nitrogen and oxygen atoms in total. The Kier molecular flexibility index (Phi) is 6.17. The van der Waals surface area contributed by atoms with Crippen LogP contribution in [0.15, 0.2) is 18.3 Å². The van der Waals surface area contributed by atoms with Crippen LogP contribution in [0.1, 0.15) is 32.6 Å². The van der Waals surface area contributed by atoms with E-state index in [0.717, 1.165) is 19.3 Å². The number of nitrogens with two attached hydrogens (primary N) is 1. The lowest BCUT2D eigenvalue weighted by Crippen LogP contribution is -2.15. The van der Waals surface area contributed by atoms with Gasteiger partial charge in [-0.05, 0) is 37.4 Å². The first kappa shape index (κ1) is 13.6. The molecule has 1 rings (SSSR count). The van der Waals surface area contributed by atoms with Crippen LogP contribution < -0.4 is 11.1 Å². The zero-order valence-electron chi connectivity index (χ0n) is 10.2. The molecule has 1 heterocycles. The minimum absolute atomic E-state index is 0.0130. The molecule has 1 unspecified atom stereocenters. The third-order valence-corrected chi connectivity index (χ3v) is 2.77. The number of anilines is 1. The monoisotopic (exact) mass is 236 g/mol. The van der Waals surface area contributed by atoms with Crippen molar-refractivity contribution in [2.24, 2.45) is 11.7 Å². The number of aromatic nitrogens is 2. The Balaban J connectivity index is 2.30. The molecule has 0 saturated carbocycles. The quantitative estimate of drug-likeness (QED) is 0.753. The van der Waals surface area contributed by atoms with Crippen LogP contribution >= 0.6 is 0 Å². The maximum absolute atomic E-state index is 11.6. The second-order valence-corrected chi connectivity index (χ2v) is 4.05. The van der Waals surface area contributed by atoms with E-state index in [9.17, 15) is 4.79 Å². The van der Waals surface area contributed by atoms with Gasteiger partial charge in [0.25, 0.3) is 0 Å². The van der Waals surface area contributed by atoms with Crippen molar-refractivity contribution in [3.63, 3.8) is 0 Å². The maximum atomic E-state index is 11.6. The molecule has 3 N–H and O–H groups in total. The molecule has 0 radical (unpaired) electrons. The standard InChI is InChI=1S/C12H20N4O/c1-2-10(7-8-13)5-6-12(17)15-11-4-3-9-14-16-11/h3-4,9-10H,2,5-8,13H2,1H3,(H,15,16,17). The second kappa shape index (κ2) is 7.73. The molecular formula is C12H20N4O. The second-order valence-electron chi connectivity index (χ2n) is 4.05. The van der Waals surface area contributed by atoms with Crippen molar-refractivity contribution in [1.29, 1.82) is 0 Å². The van der Waals surface area contributed by atoms with E-state index in [0.29, 0.717) is 24.7 Å². The molecule has 1 aromatic rings. The van der Waals surface area contributed by atoms with E-state index in [4.69, 9.17) is 5.73 Å². The van der Waals surface area contributed by atoms with Crippen LogP contribution in [0.4, 0.5) is 5.82 Å². The van der Waals surface area contributed by atoms with Crippen molar-refractivity contribution >= 4 is 11.7 Å². The van der Waals surface area contributed by atoms with Gasteiger partial charge in [-0.1, -0.05) is 13.3 Å². The molecule has 1 atom stereocenters. The first-order valence-electron chi connectivity index (χ1n) is 6.03. The third-order valence-electron chi connectivity index (χ3n) is 2.77. The summed E-state index contributed by atoms with van der Waals surface area (Å²) in [6.45, 7) is 2.81. The number of nitrogens with zero attached hydrogens (tertiary/aromatic N) is 2. The molecule has 0 aromatic carbocycles. The number of rotatable bonds is 7. The predicted octanol–water partition coefficient (Wildman–Crippen LogP) is 1.57. The van der Waals surface area contributed by atoms with Gasteiger partial charge in [-0.15, -0.1) is 5.10 Å². The van der Waals surface area contributed by atoms with E-state index < -0.39 is 0 Å². The molecule has 0 aliphatic rings. The van der Waals surface area contributed by atoms with Gasteiger partial charge in [-0.25, -0.2) is 0 Å². The summed E-state index contributed by atoms with van der Waals surface area (Å²) in [6.07, 6.45) is 5.00. The Bertz CT molecular complexity index is 329. The van der Waals surface area contributed by atoms with Gasteiger partial charge in [0, 0.05) is 12.6 Å². The SMILES string of the molecule is CCC(CCN)CCC(=O)Nc1cccnn1. The molecule has 1 aromatic heterocycles. The molecule has 94 valence electrons. The minimum atomic E-state index is -0.0130. The molecule has 0 spiro atoms. The number of carbonyl (C=O) groups excluding carboxylic acids is 1. The highest BCUT2D eigenvalue weighted by Gasteiger charge is 2.09. The van der Waals surface area contributed by atoms with Crippen molar-refractivity contribution in [2.45, 2.75) is 32.6 Å². The molecule has 0 bridgehead atoms. The number of nitrogens with one attached hydrogen (secondary N) is 1. The number of hydrogen-bond donors (Lipinski definition) is 2. The fraction of sp³-hybridized carbons (Fsp3) is 0.583. The van der Waals surface area contributed by atoms with E-state index in [1.165, 1.54) is 0 Å². The van der Waals surface area contributed by atoms with Crippen LogP contribution in [-0.2, 0) is 4.79 Å². The topological polar surface area (TPSA) is 80.9 Å². The fourth-order valence-electron chi connectivity index (χ4n) is 1.70. The lowest BCUT2D eigenvalue weighted by molar-refractivity contribution is -0.116. The third kappa shape index (κ3) is 5.40. The number of carbonyl (C=O) groups is 1. The smallest absolute Gasteiger partial charge is 0.225 e. The van der Waals surface area contributed by atoms with Gasteiger partial charge in [0.05, 0.1) is 0 Å². The molecule has 5 heteroatoms. The zero-order chi connectivity index (χ0) is 12.5. The largest absolute Gasteiger partial charge is 0.330 e. The van der Waals surface area contributed by atoms with Gasteiger partial charge in [-0.3, -0.25) is 4.79 Å². The van der Waals surface area contributed by atoms with Crippen LogP contribution in [0.2, 0.25) is 0 Å². The van der Waals surface area contributed by atoms with E-state index >= 15 is 0 Å². The van der Waals surface area contributed by atoms with Gasteiger partial charge in [-0.2, -0.15) is 5.10 Å². The summed E-state index contributed by atoms with van der Waals surface area (Å²) in [4.78, 5) is 11.6. The van der Waals surface area contributed by atoms with Gasteiger partial charge in [0.2, 0.25) is 5.91 Å². The Morgan fingerprint density at radius 3 is 2.94 bits per heavy atom. The highest BCUT2D eigenvalue weighted by Crippen LogP contribution is 2.14. The van der Waals surface area contributed by atoms with Gasteiger partial charge < -0.3 is 11.1 Å². The normalized spacial score (nSPS) is 12.1. The highest BCUT2D eigenvalue weighted by atomic mass is 16.1.